The number of benzene rings is 1. The molecule has 4 heteroatoms. The average Bonchev–Trinajstić information content (AvgIpc) is 2.71. The van der Waals surface area contributed by atoms with E-state index in [0.29, 0.717) is 5.92 Å². The van der Waals surface area contributed by atoms with Gasteiger partial charge in [-0.3, -0.25) is 0 Å². The van der Waals surface area contributed by atoms with Crippen LogP contribution < -0.4 is 16.4 Å². The summed E-state index contributed by atoms with van der Waals surface area (Å²) in [6, 6.07) is 7.34. The third kappa shape index (κ3) is 2.47. The highest BCUT2D eigenvalue weighted by Gasteiger charge is 2.15. The Morgan fingerprint density at radius 3 is 2.67 bits per heavy atom. The van der Waals surface area contributed by atoms with Gasteiger partial charge in [0.05, 0.1) is 0 Å². The number of urea groups is 1. The molecule has 0 bridgehead atoms. The summed E-state index contributed by atoms with van der Waals surface area (Å²) in [5.41, 5.74) is 7.09. The van der Waals surface area contributed by atoms with Gasteiger partial charge in [0.15, 0.2) is 0 Å². The zero-order valence-corrected chi connectivity index (χ0v) is 8.49. The van der Waals surface area contributed by atoms with Crippen molar-refractivity contribution in [2.75, 3.05) is 18.4 Å². The van der Waals surface area contributed by atoms with Crippen molar-refractivity contribution in [3.63, 3.8) is 0 Å². The van der Waals surface area contributed by atoms with E-state index in [1.807, 2.05) is 24.3 Å². The standard InChI is InChI=1S/C11H15N3O/c12-11(15)14-10-3-1-8(2-4-10)9-5-6-13-7-9/h1-4,9,13H,5-7H2,(H3,12,14,15). The number of hydrogen-bond donors (Lipinski definition) is 3. The molecule has 0 aromatic heterocycles. The van der Waals surface area contributed by atoms with E-state index < -0.39 is 6.03 Å². The minimum absolute atomic E-state index is 0.523. The van der Waals surface area contributed by atoms with Gasteiger partial charge in [0.2, 0.25) is 0 Å². The van der Waals surface area contributed by atoms with Crippen LogP contribution >= 0.6 is 0 Å². The number of hydrogen-bond acceptors (Lipinski definition) is 2. The van der Waals surface area contributed by atoms with Crippen LogP contribution in [0.15, 0.2) is 24.3 Å². The van der Waals surface area contributed by atoms with Crippen LogP contribution in [0, 0.1) is 0 Å². The zero-order valence-electron chi connectivity index (χ0n) is 8.49. The van der Waals surface area contributed by atoms with Crippen LogP contribution in [0.3, 0.4) is 0 Å². The van der Waals surface area contributed by atoms with E-state index in [-0.39, 0.29) is 0 Å². The molecule has 0 radical (unpaired) electrons. The molecular weight excluding hydrogens is 190 g/mol. The number of carbonyl (C=O) groups is 1. The van der Waals surface area contributed by atoms with Crippen molar-refractivity contribution >= 4 is 11.7 Å². The molecule has 1 heterocycles. The largest absolute Gasteiger partial charge is 0.351 e. The van der Waals surface area contributed by atoms with Gasteiger partial charge in [-0.05, 0) is 36.6 Å². The fourth-order valence-corrected chi connectivity index (χ4v) is 1.92. The molecule has 2 rings (SSSR count). The number of nitrogens with two attached hydrogens (primary N) is 1. The fourth-order valence-electron chi connectivity index (χ4n) is 1.92. The Kier molecular flexibility index (Phi) is 2.87. The number of primary amides is 1. The van der Waals surface area contributed by atoms with Crippen molar-refractivity contribution in [2.24, 2.45) is 5.73 Å². The lowest BCUT2D eigenvalue weighted by molar-refractivity contribution is 0.259. The van der Waals surface area contributed by atoms with Gasteiger partial charge in [-0.15, -0.1) is 0 Å². The van der Waals surface area contributed by atoms with Crippen LogP contribution in [0.1, 0.15) is 17.9 Å². The summed E-state index contributed by atoms with van der Waals surface area (Å²) in [6.07, 6.45) is 1.18. The summed E-state index contributed by atoms with van der Waals surface area (Å²) in [7, 11) is 0. The van der Waals surface area contributed by atoms with Crippen LogP contribution in [0.5, 0.6) is 0 Å². The van der Waals surface area contributed by atoms with Crippen molar-refractivity contribution in [1.82, 2.24) is 5.32 Å². The first-order chi connectivity index (χ1) is 7.25. The molecule has 0 spiro atoms. The van der Waals surface area contributed by atoms with Crippen molar-refractivity contribution in [3.05, 3.63) is 29.8 Å². The van der Waals surface area contributed by atoms with E-state index in [2.05, 4.69) is 10.6 Å². The van der Waals surface area contributed by atoms with Crippen molar-refractivity contribution in [3.8, 4) is 0 Å². The maximum absolute atomic E-state index is 10.6. The van der Waals surface area contributed by atoms with E-state index in [1.54, 1.807) is 0 Å². The number of carbonyl (C=O) groups excluding carboxylic acids is 1. The van der Waals surface area contributed by atoms with Crippen LogP contribution in [-0.4, -0.2) is 19.1 Å². The monoisotopic (exact) mass is 205 g/mol. The Morgan fingerprint density at radius 1 is 1.40 bits per heavy atom. The molecule has 1 atom stereocenters. The second-order valence-corrected chi connectivity index (χ2v) is 3.80. The molecule has 4 N–H and O–H groups in total. The average molecular weight is 205 g/mol. The van der Waals surface area contributed by atoms with E-state index in [1.165, 1.54) is 12.0 Å². The highest BCUT2D eigenvalue weighted by molar-refractivity contribution is 5.87. The van der Waals surface area contributed by atoms with Gasteiger partial charge >= 0.3 is 6.03 Å². The highest BCUT2D eigenvalue weighted by atomic mass is 16.2. The Morgan fingerprint density at radius 2 is 2.13 bits per heavy atom. The molecule has 1 aromatic carbocycles. The smallest absolute Gasteiger partial charge is 0.316 e. The van der Waals surface area contributed by atoms with Crippen molar-refractivity contribution < 1.29 is 4.79 Å². The van der Waals surface area contributed by atoms with Gasteiger partial charge < -0.3 is 16.4 Å². The lowest BCUT2D eigenvalue weighted by atomic mass is 9.98. The Bertz CT molecular complexity index is 341. The minimum Gasteiger partial charge on any atom is -0.351 e. The summed E-state index contributed by atoms with van der Waals surface area (Å²) in [5, 5.41) is 5.87. The van der Waals surface area contributed by atoms with E-state index in [4.69, 9.17) is 5.73 Å². The molecule has 1 unspecified atom stereocenters. The minimum atomic E-state index is -0.523. The summed E-state index contributed by atoms with van der Waals surface area (Å²) in [5.74, 6) is 0.604. The van der Waals surface area contributed by atoms with Gasteiger partial charge in [-0.2, -0.15) is 0 Å². The molecule has 15 heavy (non-hydrogen) atoms. The molecule has 1 fully saturated rings. The first-order valence-corrected chi connectivity index (χ1v) is 5.13. The van der Waals surface area contributed by atoms with Crippen LogP contribution in [-0.2, 0) is 0 Å². The Balaban J connectivity index is 2.06. The summed E-state index contributed by atoms with van der Waals surface area (Å²) >= 11 is 0. The van der Waals surface area contributed by atoms with Gasteiger partial charge in [0.1, 0.15) is 0 Å². The maximum atomic E-state index is 10.6. The second kappa shape index (κ2) is 4.31. The molecule has 0 saturated carbocycles. The quantitative estimate of drug-likeness (QED) is 0.680. The Hall–Kier alpha value is -1.55. The van der Waals surface area contributed by atoms with Crippen LogP contribution in [0.2, 0.25) is 0 Å². The third-order valence-electron chi connectivity index (χ3n) is 2.71. The maximum Gasteiger partial charge on any atom is 0.316 e. The predicted octanol–water partition coefficient (Wildman–Crippen LogP) is 1.25. The summed E-state index contributed by atoms with van der Waals surface area (Å²) in [4.78, 5) is 10.6. The first-order valence-electron chi connectivity index (χ1n) is 5.13. The molecule has 4 nitrogen and oxygen atoms in total. The second-order valence-electron chi connectivity index (χ2n) is 3.80. The van der Waals surface area contributed by atoms with Gasteiger partial charge in [0.25, 0.3) is 0 Å². The number of rotatable bonds is 2. The predicted molar refractivity (Wildman–Crippen MR) is 59.9 cm³/mol. The molecule has 1 saturated heterocycles. The van der Waals surface area contributed by atoms with Crippen molar-refractivity contribution in [1.29, 1.82) is 0 Å². The number of nitrogens with one attached hydrogen (secondary N) is 2. The summed E-state index contributed by atoms with van der Waals surface area (Å²) in [6.45, 7) is 2.13. The third-order valence-corrected chi connectivity index (χ3v) is 2.71. The molecule has 1 aromatic rings. The van der Waals surface area contributed by atoms with Gasteiger partial charge in [-0.25, -0.2) is 4.79 Å². The van der Waals surface area contributed by atoms with E-state index in [0.717, 1.165) is 18.8 Å². The Labute approximate surface area is 88.9 Å². The number of amides is 2. The SMILES string of the molecule is NC(=O)Nc1ccc(C2CCNC2)cc1. The van der Waals surface area contributed by atoms with Crippen LogP contribution in [0.4, 0.5) is 10.5 Å². The van der Waals surface area contributed by atoms with Crippen LogP contribution in [0.25, 0.3) is 0 Å². The van der Waals surface area contributed by atoms with E-state index in [9.17, 15) is 4.79 Å². The zero-order chi connectivity index (χ0) is 10.7. The lowest BCUT2D eigenvalue weighted by Crippen LogP contribution is -2.19. The normalized spacial score (nSPS) is 20.1. The molecule has 2 amide bonds. The first kappa shape index (κ1) is 9.98. The van der Waals surface area contributed by atoms with Gasteiger partial charge in [0, 0.05) is 12.2 Å². The van der Waals surface area contributed by atoms with Gasteiger partial charge in [-0.1, -0.05) is 12.1 Å². The van der Waals surface area contributed by atoms with Crippen molar-refractivity contribution in [2.45, 2.75) is 12.3 Å². The van der Waals surface area contributed by atoms with E-state index >= 15 is 0 Å². The molecule has 1 aliphatic rings. The summed E-state index contributed by atoms with van der Waals surface area (Å²) < 4.78 is 0. The molecule has 80 valence electrons. The lowest BCUT2D eigenvalue weighted by Gasteiger charge is -2.09. The fraction of sp³-hybridized carbons (Fsp3) is 0.364. The molecular formula is C11H15N3O. The highest BCUT2D eigenvalue weighted by Crippen LogP contribution is 2.23. The molecule has 1 aliphatic heterocycles. The molecule has 0 aliphatic carbocycles. The number of anilines is 1. The topological polar surface area (TPSA) is 67.2 Å².